The molecule has 184 valence electrons. The summed E-state index contributed by atoms with van der Waals surface area (Å²) in [5.41, 5.74) is 2.82. The molecular formula is C25H27N3O4S3. The molecule has 1 saturated heterocycles. The van der Waals surface area contributed by atoms with Gasteiger partial charge in [0.1, 0.15) is 10.6 Å². The fourth-order valence-electron chi connectivity index (χ4n) is 4.04. The Kier molecular flexibility index (Phi) is 7.85. The van der Waals surface area contributed by atoms with Gasteiger partial charge in [-0.1, -0.05) is 30.3 Å². The van der Waals surface area contributed by atoms with E-state index in [1.54, 1.807) is 31.2 Å². The van der Waals surface area contributed by atoms with Crippen molar-refractivity contribution < 1.29 is 17.9 Å². The number of hydrogen-bond acceptors (Lipinski definition) is 6. The van der Waals surface area contributed by atoms with E-state index in [4.69, 9.17) is 17.0 Å². The normalized spacial score (nSPS) is 14.0. The van der Waals surface area contributed by atoms with Crippen molar-refractivity contribution in [1.82, 2.24) is 4.31 Å². The van der Waals surface area contributed by atoms with Crippen molar-refractivity contribution in [3.05, 3.63) is 65.0 Å². The van der Waals surface area contributed by atoms with E-state index in [-0.39, 0.29) is 16.6 Å². The van der Waals surface area contributed by atoms with E-state index >= 15 is 0 Å². The fraction of sp³-hybridized carbons (Fsp3) is 0.280. The number of nitrogens with zero attached hydrogens (tertiary/aromatic N) is 1. The molecule has 35 heavy (non-hydrogen) atoms. The largest absolute Gasteiger partial charge is 0.462 e. The lowest BCUT2D eigenvalue weighted by Crippen LogP contribution is -2.27. The smallest absolute Gasteiger partial charge is 0.341 e. The topological polar surface area (TPSA) is 87.7 Å². The van der Waals surface area contributed by atoms with Gasteiger partial charge < -0.3 is 15.4 Å². The first-order chi connectivity index (χ1) is 16.8. The van der Waals surface area contributed by atoms with Crippen LogP contribution in [0.4, 0.5) is 10.7 Å². The number of benzene rings is 2. The van der Waals surface area contributed by atoms with Crippen LogP contribution >= 0.6 is 23.6 Å². The molecule has 10 heteroatoms. The molecule has 1 aliphatic heterocycles. The number of aryl methyl sites for hydroxylation is 1. The molecule has 0 saturated carbocycles. The van der Waals surface area contributed by atoms with Crippen molar-refractivity contribution >= 4 is 55.3 Å². The molecule has 4 rings (SSSR count). The summed E-state index contributed by atoms with van der Waals surface area (Å²) in [6, 6.07) is 16.2. The van der Waals surface area contributed by atoms with Gasteiger partial charge in [-0.25, -0.2) is 13.2 Å². The molecular weight excluding hydrogens is 502 g/mol. The number of nitrogens with one attached hydrogen (secondary N) is 2. The number of sulfonamides is 1. The Morgan fingerprint density at radius 1 is 1.06 bits per heavy atom. The number of carbonyl (C=O) groups is 1. The minimum absolute atomic E-state index is 0.259. The first-order valence-electron chi connectivity index (χ1n) is 11.4. The summed E-state index contributed by atoms with van der Waals surface area (Å²) in [7, 11) is -3.47. The maximum Gasteiger partial charge on any atom is 0.341 e. The Morgan fingerprint density at radius 3 is 2.34 bits per heavy atom. The van der Waals surface area contributed by atoms with Gasteiger partial charge in [-0.3, -0.25) is 0 Å². The van der Waals surface area contributed by atoms with Gasteiger partial charge in [0, 0.05) is 29.2 Å². The van der Waals surface area contributed by atoms with Gasteiger partial charge in [0.15, 0.2) is 5.11 Å². The van der Waals surface area contributed by atoms with Gasteiger partial charge in [-0.2, -0.15) is 4.31 Å². The Bertz CT molecular complexity index is 1310. The van der Waals surface area contributed by atoms with Gasteiger partial charge in [-0.05, 0) is 68.7 Å². The van der Waals surface area contributed by atoms with Crippen molar-refractivity contribution in [3.8, 4) is 11.1 Å². The highest BCUT2D eigenvalue weighted by molar-refractivity contribution is 7.89. The third-order valence-electron chi connectivity index (χ3n) is 5.67. The molecule has 1 fully saturated rings. The molecule has 1 aliphatic rings. The van der Waals surface area contributed by atoms with E-state index in [0.717, 1.165) is 28.8 Å². The third-order valence-corrected chi connectivity index (χ3v) is 8.81. The maximum absolute atomic E-state index is 12.9. The number of anilines is 2. The lowest BCUT2D eigenvalue weighted by Gasteiger charge is -2.16. The Balaban J connectivity index is 1.53. The zero-order valence-electron chi connectivity index (χ0n) is 19.5. The van der Waals surface area contributed by atoms with Crippen LogP contribution in [0, 0.1) is 6.92 Å². The minimum Gasteiger partial charge on any atom is -0.462 e. The Hall–Kier alpha value is -2.79. The SMILES string of the molecule is CCOC(=O)c1c(NC(=S)Nc2ccc(S(=O)(=O)N3CCCC3)cc2)sc(C)c1-c1ccccc1. The summed E-state index contributed by atoms with van der Waals surface area (Å²) in [4.78, 5) is 14.1. The monoisotopic (exact) mass is 529 g/mol. The second kappa shape index (κ2) is 10.9. The molecule has 0 atom stereocenters. The number of esters is 1. The van der Waals surface area contributed by atoms with E-state index in [0.29, 0.717) is 29.3 Å². The molecule has 0 spiro atoms. The van der Waals surface area contributed by atoms with E-state index in [9.17, 15) is 13.2 Å². The van der Waals surface area contributed by atoms with Crippen LogP contribution in [0.3, 0.4) is 0 Å². The summed E-state index contributed by atoms with van der Waals surface area (Å²) in [6.07, 6.45) is 1.78. The van der Waals surface area contributed by atoms with Crippen molar-refractivity contribution in [1.29, 1.82) is 0 Å². The van der Waals surface area contributed by atoms with E-state index < -0.39 is 16.0 Å². The van der Waals surface area contributed by atoms with E-state index in [1.165, 1.54) is 15.6 Å². The minimum atomic E-state index is -3.47. The zero-order valence-corrected chi connectivity index (χ0v) is 22.0. The number of thiophene rings is 1. The summed E-state index contributed by atoms with van der Waals surface area (Å²) >= 11 is 6.92. The molecule has 3 aromatic rings. The Morgan fingerprint density at radius 2 is 1.71 bits per heavy atom. The lowest BCUT2D eigenvalue weighted by molar-refractivity contribution is 0.0529. The molecule has 0 bridgehead atoms. The molecule has 0 radical (unpaired) electrons. The van der Waals surface area contributed by atoms with Crippen LogP contribution in [0.15, 0.2) is 59.5 Å². The first-order valence-corrected chi connectivity index (χ1v) is 14.0. The number of thiocarbonyl (C=S) groups is 1. The van der Waals surface area contributed by atoms with Crippen LogP contribution in [0.5, 0.6) is 0 Å². The number of ether oxygens (including phenoxy) is 1. The quantitative estimate of drug-likeness (QED) is 0.309. The average Bonchev–Trinajstić information content (AvgIpc) is 3.49. The van der Waals surface area contributed by atoms with Crippen LogP contribution in [0.25, 0.3) is 11.1 Å². The van der Waals surface area contributed by atoms with Crippen LogP contribution in [-0.2, 0) is 14.8 Å². The zero-order chi connectivity index (χ0) is 25.0. The lowest BCUT2D eigenvalue weighted by atomic mass is 10.0. The Labute approximate surface area is 215 Å². The second-order valence-corrected chi connectivity index (χ2v) is 11.6. The molecule has 0 amide bonds. The van der Waals surface area contributed by atoms with Crippen molar-refractivity contribution in [3.63, 3.8) is 0 Å². The van der Waals surface area contributed by atoms with Crippen LogP contribution in [0.1, 0.15) is 35.0 Å². The van der Waals surface area contributed by atoms with Crippen LogP contribution in [0.2, 0.25) is 0 Å². The van der Waals surface area contributed by atoms with Gasteiger partial charge in [0.25, 0.3) is 0 Å². The predicted molar refractivity (Wildman–Crippen MR) is 145 cm³/mol. The summed E-state index contributed by atoms with van der Waals surface area (Å²) in [6.45, 7) is 5.11. The van der Waals surface area contributed by atoms with Crippen molar-refractivity contribution in [2.75, 3.05) is 30.3 Å². The van der Waals surface area contributed by atoms with Crippen molar-refractivity contribution in [2.45, 2.75) is 31.6 Å². The second-order valence-electron chi connectivity index (χ2n) is 8.04. The van der Waals surface area contributed by atoms with Gasteiger partial charge in [-0.15, -0.1) is 11.3 Å². The van der Waals surface area contributed by atoms with Gasteiger partial charge in [0.2, 0.25) is 10.0 Å². The molecule has 0 aliphatic carbocycles. The number of carbonyl (C=O) groups excluding carboxylic acids is 1. The predicted octanol–water partition coefficient (Wildman–Crippen LogP) is 5.49. The molecule has 2 N–H and O–H groups in total. The van der Waals surface area contributed by atoms with E-state index in [2.05, 4.69) is 10.6 Å². The number of rotatable bonds is 7. The maximum atomic E-state index is 12.9. The highest BCUT2D eigenvalue weighted by atomic mass is 32.2. The molecule has 0 unspecified atom stereocenters. The average molecular weight is 530 g/mol. The summed E-state index contributed by atoms with van der Waals surface area (Å²) in [5.74, 6) is -0.419. The molecule has 2 heterocycles. The number of hydrogen-bond donors (Lipinski definition) is 2. The van der Waals surface area contributed by atoms with Crippen LogP contribution in [-0.4, -0.2) is 43.5 Å². The molecule has 2 aromatic carbocycles. The highest BCUT2D eigenvalue weighted by Crippen LogP contribution is 2.40. The summed E-state index contributed by atoms with van der Waals surface area (Å²) in [5, 5.41) is 7.07. The van der Waals surface area contributed by atoms with E-state index in [1.807, 2.05) is 37.3 Å². The first kappa shape index (κ1) is 25.3. The molecule has 7 nitrogen and oxygen atoms in total. The fourth-order valence-corrected chi connectivity index (χ4v) is 6.91. The van der Waals surface area contributed by atoms with Crippen molar-refractivity contribution in [2.24, 2.45) is 0 Å². The third kappa shape index (κ3) is 5.56. The van der Waals surface area contributed by atoms with Gasteiger partial charge >= 0.3 is 5.97 Å². The standard InChI is InChI=1S/C25H27N3O4S3/c1-3-32-24(29)22-21(18-9-5-4-6-10-18)17(2)34-23(22)27-25(33)26-19-11-13-20(14-12-19)35(30,31)28-15-7-8-16-28/h4-6,9-14H,3,7-8,15-16H2,1-2H3,(H2,26,27,33). The highest BCUT2D eigenvalue weighted by Gasteiger charge is 2.27. The van der Waals surface area contributed by atoms with Crippen LogP contribution < -0.4 is 10.6 Å². The summed E-state index contributed by atoms with van der Waals surface area (Å²) < 4.78 is 32.3. The van der Waals surface area contributed by atoms with Gasteiger partial charge in [0.05, 0.1) is 11.5 Å². The molecule has 1 aromatic heterocycles.